The monoisotopic (exact) mass is 985 g/mol. The molecule has 8 heteroatoms. The van der Waals surface area contributed by atoms with E-state index in [9.17, 15) is 0 Å². The lowest BCUT2D eigenvalue weighted by Crippen LogP contribution is -2.17. The Labute approximate surface area is 416 Å². The zero-order chi connectivity index (χ0) is 50.4. The van der Waals surface area contributed by atoms with Crippen molar-refractivity contribution < 1.29 is 16.8 Å². The fourth-order valence-electron chi connectivity index (χ4n) is 8.45. The molecule has 4 aromatic carbocycles. The smallest absolute Gasteiger partial charge is 0.286 e. The Morgan fingerprint density at radius 2 is 0.493 bits per heavy atom. The fourth-order valence-corrected chi connectivity index (χ4v) is 14.3. The highest BCUT2D eigenvalue weighted by atomic mass is 32.7. The Hall–Kier alpha value is -2.62. The van der Waals surface area contributed by atoms with E-state index in [-0.39, 0.29) is 43.3 Å². The topological polar surface area (TPSA) is 52.6 Å². The van der Waals surface area contributed by atoms with Crippen LogP contribution in [0.25, 0.3) is 43.9 Å². The van der Waals surface area contributed by atoms with Crippen LogP contribution < -0.4 is 0 Å². The first-order chi connectivity index (χ1) is 30.3. The van der Waals surface area contributed by atoms with E-state index in [1.165, 1.54) is 44.5 Å². The zero-order valence-corrected chi connectivity index (χ0v) is 49.5. The summed E-state index contributed by atoms with van der Waals surface area (Å²) in [5.74, 6) is 1.75. The van der Waals surface area contributed by atoms with E-state index in [1.807, 2.05) is 22.8 Å². The molecule has 0 saturated heterocycles. The predicted molar refractivity (Wildman–Crippen MR) is 303 cm³/mol. The minimum Gasteiger partial charge on any atom is -0.411 e. The number of hydrogen-bond donors (Lipinski definition) is 0. The fraction of sp³-hybridized carbons (Fsp3) is 0.593. The van der Waals surface area contributed by atoms with Crippen molar-refractivity contribution in [2.24, 2.45) is 0 Å². The van der Waals surface area contributed by atoms with Crippen molar-refractivity contribution in [3.63, 3.8) is 0 Å². The lowest BCUT2D eigenvalue weighted by atomic mass is 9.77. The third-order valence-electron chi connectivity index (χ3n) is 13.0. The molecule has 0 spiro atoms. The molecule has 2 heterocycles. The second-order valence-corrected chi connectivity index (χ2v) is 33.7. The highest BCUT2D eigenvalue weighted by Gasteiger charge is 2.31. The average molecular weight is 985 g/mol. The Morgan fingerprint density at radius 3 is 0.657 bits per heavy atom. The first-order valence-corrected chi connectivity index (χ1v) is 30.1. The Kier molecular flexibility index (Phi) is 14.6. The van der Waals surface area contributed by atoms with Crippen molar-refractivity contribution in [3.8, 4) is 0 Å². The molecule has 0 aliphatic carbocycles. The van der Waals surface area contributed by atoms with Gasteiger partial charge in [-0.3, -0.25) is 0 Å². The maximum Gasteiger partial charge on any atom is 0.286 e. The van der Waals surface area contributed by atoms with Crippen LogP contribution in [-0.4, -0.2) is 11.5 Å². The van der Waals surface area contributed by atoms with Crippen LogP contribution in [0.5, 0.6) is 0 Å². The summed E-state index contributed by atoms with van der Waals surface area (Å²) in [6.45, 7) is 55.4. The maximum atomic E-state index is 7.26. The molecule has 0 amide bonds. The molecule has 0 saturated carbocycles. The van der Waals surface area contributed by atoms with Crippen LogP contribution in [0.1, 0.15) is 217 Å². The van der Waals surface area contributed by atoms with Gasteiger partial charge in [-0.2, -0.15) is 0 Å². The summed E-state index contributed by atoms with van der Waals surface area (Å²) in [6, 6.07) is 19.1. The van der Waals surface area contributed by atoms with Crippen molar-refractivity contribution in [3.05, 3.63) is 93.0 Å². The van der Waals surface area contributed by atoms with Crippen molar-refractivity contribution in [2.45, 2.75) is 216 Å². The van der Waals surface area contributed by atoms with Crippen LogP contribution in [0.2, 0.25) is 0 Å². The molecule has 4 nitrogen and oxygen atoms in total. The minimum absolute atomic E-state index is 0.0438. The quantitative estimate of drug-likeness (QED) is 0.155. The average Bonchev–Trinajstić information content (AvgIpc) is 3.40. The van der Waals surface area contributed by atoms with Gasteiger partial charge >= 0.3 is 0 Å². The van der Waals surface area contributed by atoms with E-state index in [1.54, 1.807) is 0 Å². The summed E-state index contributed by atoms with van der Waals surface area (Å²) in [6.07, 6.45) is 0.945. The van der Waals surface area contributed by atoms with E-state index in [2.05, 4.69) is 215 Å². The molecule has 0 radical (unpaired) electrons. The highest BCUT2D eigenvalue weighted by molar-refractivity contribution is 8.50. The van der Waals surface area contributed by atoms with Gasteiger partial charge in [0.05, 0.1) is 0 Å². The zero-order valence-electron chi connectivity index (χ0n) is 46.1. The summed E-state index contributed by atoms with van der Waals surface area (Å²) in [5.41, 5.74) is 13.3. The first kappa shape index (κ1) is 53.7. The Morgan fingerprint density at radius 1 is 0.299 bits per heavy atom. The summed E-state index contributed by atoms with van der Waals surface area (Å²) in [5, 5.41) is 4.57. The second kappa shape index (κ2) is 18.2. The number of benzene rings is 4. The van der Waals surface area contributed by atoms with Gasteiger partial charge in [-0.05, 0) is 119 Å². The summed E-state index contributed by atoms with van der Waals surface area (Å²) in [7, 11) is -2.78. The lowest BCUT2D eigenvalue weighted by molar-refractivity contribution is 0.557. The van der Waals surface area contributed by atoms with E-state index in [0.717, 1.165) is 61.8 Å². The summed E-state index contributed by atoms with van der Waals surface area (Å²) in [4.78, 5) is 0. The Bertz CT molecular complexity index is 2510. The van der Waals surface area contributed by atoms with Crippen LogP contribution in [0.15, 0.2) is 65.3 Å². The summed E-state index contributed by atoms with van der Waals surface area (Å²) >= 11 is 3.63. The number of fused-ring (bicyclic) bond motifs is 6. The summed E-state index contributed by atoms with van der Waals surface area (Å²) < 4.78 is 29.0. The van der Waals surface area contributed by atoms with Gasteiger partial charge in [-0.1, -0.05) is 190 Å². The minimum atomic E-state index is -1.39. The molecule has 368 valence electrons. The predicted octanol–water partition coefficient (Wildman–Crippen LogP) is 21.4. The van der Waals surface area contributed by atoms with Crippen LogP contribution in [0.3, 0.4) is 0 Å². The molecular formula is C59H86O4P2S2. The van der Waals surface area contributed by atoms with Crippen LogP contribution >= 0.6 is 37.2 Å². The van der Waals surface area contributed by atoms with Gasteiger partial charge in [0.15, 0.2) is 0 Å². The maximum absolute atomic E-state index is 7.26. The van der Waals surface area contributed by atoms with Crippen molar-refractivity contribution in [1.82, 2.24) is 0 Å². The van der Waals surface area contributed by atoms with Crippen molar-refractivity contribution in [1.29, 1.82) is 0 Å². The normalized spacial score (nSPS) is 14.0. The highest BCUT2D eigenvalue weighted by Crippen LogP contribution is 2.53. The number of rotatable bonds is 6. The standard InChI is InChI=1S/C59H86O4P2S2/c1-52(2,3)36-28-40-41-29-37(53(4,5)6)33-45(57(16,17)18)49(41)61-64(60-48(40)44(32-36)56(13,14)15)66-26-25-27-67-65-62-50-42(30-38(54(7,8)9)34-46(50)58(19,20)21)43-31-39(55(10,11)12)35-47(51(43)63-65)59(22,23)24/h28-35H,25-27H2,1-24H3. The molecule has 0 bridgehead atoms. The SMILES string of the molecule is CC(C)(C)c1cc(C(C)(C)C)c2op(SCCCSp3oc4c(C(C)(C)C)cc(C(C)(C)C)cc4c4cc(C(C)(C)C)cc(C(C)(C)C)c4o3)oc3c(C(C)(C)C)cc(C(C)(C)C)cc3c2c1. The third-order valence-corrected chi connectivity index (χ3v) is 18.9. The lowest BCUT2D eigenvalue weighted by Gasteiger charge is -2.27. The Balaban J connectivity index is 1.51. The molecule has 0 N–H and O–H groups in total. The van der Waals surface area contributed by atoms with Gasteiger partial charge < -0.3 is 16.8 Å². The molecule has 0 aliphatic heterocycles. The molecule has 0 unspecified atom stereocenters. The van der Waals surface area contributed by atoms with Crippen LogP contribution in [0.4, 0.5) is 0 Å². The number of hydrogen-bond acceptors (Lipinski definition) is 6. The van der Waals surface area contributed by atoms with E-state index in [0.29, 0.717) is 0 Å². The molecule has 2 aromatic heterocycles. The van der Waals surface area contributed by atoms with Gasteiger partial charge in [-0.25, -0.2) is 0 Å². The molecule has 0 atom stereocenters. The molecule has 0 aliphatic rings. The van der Waals surface area contributed by atoms with Gasteiger partial charge in [0.1, 0.15) is 22.3 Å². The van der Waals surface area contributed by atoms with Crippen LogP contribution in [-0.2, 0) is 43.3 Å². The molecule has 0 fully saturated rings. The van der Waals surface area contributed by atoms with Gasteiger partial charge in [0, 0.05) is 55.3 Å². The van der Waals surface area contributed by atoms with Gasteiger partial charge in [0.2, 0.25) is 0 Å². The van der Waals surface area contributed by atoms with Gasteiger partial charge in [0.25, 0.3) is 14.4 Å². The van der Waals surface area contributed by atoms with E-state index in [4.69, 9.17) is 16.8 Å². The third kappa shape index (κ3) is 11.9. The van der Waals surface area contributed by atoms with Crippen molar-refractivity contribution >= 4 is 81.1 Å². The first-order valence-electron chi connectivity index (χ1n) is 24.6. The largest absolute Gasteiger partial charge is 0.411 e. The van der Waals surface area contributed by atoms with Gasteiger partial charge in [-0.15, -0.1) is 0 Å². The van der Waals surface area contributed by atoms with Crippen molar-refractivity contribution in [2.75, 3.05) is 11.5 Å². The molecule has 6 aromatic rings. The van der Waals surface area contributed by atoms with E-state index >= 15 is 0 Å². The molecule has 6 rings (SSSR count). The second-order valence-electron chi connectivity index (χ2n) is 27.4. The van der Waals surface area contributed by atoms with Crippen LogP contribution in [0, 0.1) is 0 Å². The van der Waals surface area contributed by atoms with E-state index < -0.39 is 14.4 Å². The molecular weight excluding hydrogens is 899 g/mol. The molecule has 67 heavy (non-hydrogen) atoms.